The number of hydrogen-bond donors (Lipinski definition) is 2. The van der Waals surface area contributed by atoms with Crippen molar-refractivity contribution in [1.82, 2.24) is 10.2 Å². The van der Waals surface area contributed by atoms with E-state index in [9.17, 15) is 19.5 Å². The summed E-state index contributed by atoms with van der Waals surface area (Å²) in [5.41, 5.74) is 1.16. The molecule has 1 unspecified atom stereocenters. The molecule has 4 rings (SSSR count). The van der Waals surface area contributed by atoms with Crippen LogP contribution in [0.4, 0.5) is 0 Å². The second kappa shape index (κ2) is 8.07. The van der Waals surface area contributed by atoms with E-state index >= 15 is 0 Å². The van der Waals surface area contributed by atoms with Crippen LogP contribution in [0.3, 0.4) is 0 Å². The molecule has 1 heterocycles. The van der Waals surface area contributed by atoms with Crippen LogP contribution in [0.25, 0.3) is 0 Å². The summed E-state index contributed by atoms with van der Waals surface area (Å²) in [7, 11) is 0. The molecule has 1 aliphatic heterocycles. The average molecular weight is 392 g/mol. The first-order valence-electron chi connectivity index (χ1n) is 9.97. The first kappa shape index (κ1) is 19.2. The van der Waals surface area contributed by atoms with E-state index in [4.69, 9.17) is 0 Å². The maximum atomic E-state index is 13.4. The van der Waals surface area contributed by atoms with Crippen LogP contribution in [0.15, 0.2) is 60.7 Å². The van der Waals surface area contributed by atoms with Gasteiger partial charge in [-0.25, -0.2) is 0 Å². The lowest BCUT2D eigenvalue weighted by atomic mass is 9.92. The minimum Gasteiger partial charge on any atom is -0.481 e. The molecule has 0 spiro atoms. The summed E-state index contributed by atoms with van der Waals surface area (Å²) in [4.78, 5) is 39.4. The van der Waals surface area contributed by atoms with Crippen LogP contribution >= 0.6 is 0 Å². The van der Waals surface area contributed by atoms with Crippen LogP contribution < -0.4 is 5.32 Å². The zero-order valence-electron chi connectivity index (χ0n) is 16.0. The lowest BCUT2D eigenvalue weighted by Crippen LogP contribution is -2.42. The molecule has 1 saturated carbocycles. The lowest BCUT2D eigenvalue weighted by molar-refractivity contribution is -0.142. The Labute approximate surface area is 169 Å². The molecule has 0 radical (unpaired) electrons. The van der Waals surface area contributed by atoms with Gasteiger partial charge in [0.2, 0.25) is 5.91 Å². The quantitative estimate of drug-likeness (QED) is 0.791. The zero-order chi connectivity index (χ0) is 20.4. The van der Waals surface area contributed by atoms with Gasteiger partial charge in [0.15, 0.2) is 0 Å². The average Bonchev–Trinajstić information content (AvgIpc) is 3.50. The van der Waals surface area contributed by atoms with Crippen molar-refractivity contribution in [2.24, 2.45) is 17.8 Å². The SMILES string of the molecule is O=C(NC(C(=O)N1C[C@H](C(=O)O)[C@@H](C2CC2)C1)c1ccccc1)c1ccccc1. The topological polar surface area (TPSA) is 86.7 Å². The van der Waals surface area contributed by atoms with Gasteiger partial charge >= 0.3 is 5.97 Å². The highest BCUT2D eigenvalue weighted by Crippen LogP contribution is 2.44. The van der Waals surface area contributed by atoms with Crippen LogP contribution in [-0.2, 0) is 9.59 Å². The molecule has 2 aliphatic rings. The summed E-state index contributed by atoms with van der Waals surface area (Å²) in [6.07, 6.45) is 2.06. The molecule has 1 saturated heterocycles. The summed E-state index contributed by atoms with van der Waals surface area (Å²) in [5.74, 6) is -1.58. The van der Waals surface area contributed by atoms with Crippen molar-refractivity contribution in [2.45, 2.75) is 18.9 Å². The standard InChI is InChI=1S/C23H24N2O4/c26-21(17-9-5-2-6-10-17)24-20(16-7-3-1-4-8-16)22(27)25-13-18(15-11-12-15)19(14-25)23(28)29/h1-10,15,18-20H,11-14H2,(H,24,26)(H,28,29)/t18-,19+,20?/m1/s1. The highest BCUT2D eigenvalue weighted by atomic mass is 16.4. The van der Waals surface area contributed by atoms with Crippen LogP contribution in [0.1, 0.15) is 34.8 Å². The molecule has 2 amide bonds. The number of amides is 2. The molecule has 6 heteroatoms. The van der Waals surface area contributed by atoms with Gasteiger partial charge in [0.05, 0.1) is 5.92 Å². The van der Waals surface area contributed by atoms with Gasteiger partial charge in [0, 0.05) is 18.7 Å². The fourth-order valence-electron chi connectivity index (χ4n) is 4.19. The Kier molecular flexibility index (Phi) is 5.34. The van der Waals surface area contributed by atoms with Crippen molar-refractivity contribution in [3.05, 3.63) is 71.8 Å². The highest BCUT2D eigenvalue weighted by Gasteiger charge is 2.47. The van der Waals surface area contributed by atoms with Crippen molar-refractivity contribution in [3.8, 4) is 0 Å². The first-order chi connectivity index (χ1) is 14.0. The second-order valence-electron chi connectivity index (χ2n) is 7.87. The predicted molar refractivity (Wildman–Crippen MR) is 107 cm³/mol. The Hall–Kier alpha value is -3.15. The lowest BCUT2D eigenvalue weighted by Gasteiger charge is -2.25. The number of likely N-dealkylation sites (tertiary alicyclic amines) is 1. The van der Waals surface area contributed by atoms with Gasteiger partial charge in [-0.15, -0.1) is 0 Å². The Morgan fingerprint density at radius 3 is 2.14 bits per heavy atom. The number of carboxylic acid groups (broad SMARTS) is 1. The third-order valence-corrected chi connectivity index (χ3v) is 5.91. The number of hydrogen-bond acceptors (Lipinski definition) is 3. The molecule has 2 aromatic carbocycles. The van der Waals surface area contributed by atoms with Gasteiger partial charge in [-0.2, -0.15) is 0 Å². The van der Waals surface area contributed by atoms with Gasteiger partial charge in [0.1, 0.15) is 6.04 Å². The number of carbonyl (C=O) groups is 3. The molecule has 0 bridgehead atoms. The van der Waals surface area contributed by atoms with Crippen molar-refractivity contribution in [3.63, 3.8) is 0 Å². The fourth-order valence-corrected chi connectivity index (χ4v) is 4.19. The number of rotatable bonds is 6. The van der Waals surface area contributed by atoms with Crippen molar-refractivity contribution in [1.29, 1.82) is 0 Å². The van der Waals surface area contributed by atoms with Crippen molar-refractivity contribution >= 4 is 17.8 Å². The van der Waals surface area contributed by atoms with Crippen LogP contribution in [0.2, 0.25) is 0 Å². The molecule has 2 N–H and O–H groups in total. The molecule has 6 nitrogen and oxygen atoms in total. The Morgan fingerprint density at radius 2 is 1.55 bits per heavy atom. The van der Waals surface area contributed by atoms with E-state index in [-0.39, 0.29) is 24.3 Å². The van der Waals surface area contributed by atoms with Gasteiger partial charge in [-0.3, -0.25) is 14.4 Å². The number of nitrogens with zero attached hydrogens (tertiary/aromatic N) is 1. The molecule has 2 fully saturated rings. The number of aliphatic carboxylic acids is 1. The van der Waals surface area contributed by atoms with Gasteiger partial charge in [-0.1, -0.05) is 48.5 Å². The number of carbonyl (C=O) groups excluding carboxylic acids is 2. The Morgan fingerprint density at radius 1 is 0.931 bits per heavy atom. The van der Waals surface area contributed by atoms with E-state index in [2.05, 4.69) is 5.32 Å². The highest BCUT2D eigenvalue weighted by molar-refractivity contribution is 5.98. The number of benzene rings is 2. The van der Waals surface area contributed by atoms with E-state index in [1.54, 1.807) is 41.3 Å². The second-order valence-corrected chi connectivity index (χ2v) is 7.87. The predicted octanol–water partition coefficient (Wildman–Crippen LogP) is 2.73. The third-order valence-electron chi connectivity index (χ3n) is 5.91. The molecule has 150 valence electrons. The molecule has 29 heavy (non-hydrogen) atoms. The first-order valence-corrected chi connectivity index (χ1v) is 9.97. The Bertz CT molecular complexity index is 896. The molecule has 1 aliphatic carbocycles. The molecule has 2 aromatic rings. The minimum atomic E-state index is -0.851. The molecule has 0 aromatic heterocycles. The Balaban J connectivity index is 1.57. The molecular weight excluding hydrogens is 368 g/mol. The van der Waals surface area contributed by atoms with E-state index in [0.717, 1.165) is 12.8 Å². The smallest absolute Gasteiger partial charge is 0.308 e. The maximum absolute atomic E-state index is 13.4. The molecule has 3 atom stereocenters. The van der Waals surface area contributed by atoms with Gasteiger partial charge < -0.3 is 15.3 Å². The summed E-state index contributed by atoms with van der Waals surface area (Å²) in [6, 6.07) is 17.0. The summed E-state index contributed by atoms with van der Waals surface area (Å²) < 4.78 is 0. The van der Waals surface area contributed by atoms with Crippen molar-refractivity contribution in [2.75, 3.05) is 13.1 Å². The third kappa shape index (κ3) is 4.16. The van der Waals surface area contributed by atoms with E-state index in [1.807, 2.05) is 24.3 Å². The summed E-state index contributed by atoms with van der Waals surface area (Å²) in [6.45, 7) is 0.630. The van der Waals surface area contributed by atoms with E-state index in [1.165, 1.54) is 0 Å². The van der Waals surface area contributed by atoms with E-state index in [0.29, 0.717) is 23.6 Å². The van der Waals surface area contributed by atoms with Crippen molar-refractivity contribution < 1.29 is 19.5 Å². The number of nitrogens with one attached hydrogen (secondary N) is 1. The van der Waals surface area contributed by atoms with Gasteiger partial charge in [-0.05, 0) is 42.4 Å². The summed E-state index contributed by atoms with van der Waals surface area (Å²) in [5, 5.41) is 12.5. The monoisotopic (exact) mass is 392 g/mol. The van der Waals surface area contributed by atoms with Crippen LogP contribution in [-0.4, -0.2) is 40.9 Å². The van der Waals surface area contributed by atoms with Crippen LogP contribution in [0.5, 0.6) is 0 Å². The molecular formula is C23H24N2O4. The van der Waals surface area contributed by atoms with E-state index < -0.39 is 17.9 Å². The fraction of sp³-hybridized carbons (Fsp3) is 0.348. The normalized spacial score (nSPS) is 22.1. The number of carboxylic acids is 1. The van der Waals surface area contributed by atoms with Gasteiger partial charge in [0.25, 0.3) is 5.91 Å². The van der Waals surface area contributed by atoms with Crippen LogP contribution in [0, 0.1) is 17.8 Å². The zero-order valence-corrected chi connectivity index (χ0v) is 16.0. The summed E-state index contributed by atoms with van der Waals surface area (Å²) >= 11 is 0. The minimum absolute atomic E-state index is 0.00213. The largest absolute Gasteiger partial charge is 0.481 e. The maximum Gasteiger partial charge on any atom is 0.308 e.